The van der Waals surface area contributed by atoms with Crippen LogP contribution in [0.4, 0.5) is 0 Å². The zero-order chi connectivity index (χ0) is 16.2. The summed E-state index contributed by atoms with van der Waals surface area (Å²) in [5, 5.41) is 0. The summed E-state index contributed by atoms with van der Waals surface area (Å²) in [7, 11) is 8.30. The second-order valence-electron chi connectivity index (χ2n) is 6.46. The first-order valence-electron chi connectivity index (χ1n) is 7.67. The molecule has 1 aromatic rings. The minimum Gasteiger partial charge on any atom is -0.306 e. The van der Waals surface area contributed by atoms with Crippen molar-refractivity contribution >= 4 is 32.4 Å². The monoisotopic (exact) mass is 283 g/mol. The summed E-state index contributed by atoms with van der Waals surface area (Å²) in [4.78, 5) is 14.2. The molecule has 0 saturated carbocycles. The van der Waals surface area contributed by atoms with Crippen molar-refractivity contribution in [2.24, 2.45) is 0 Å². The van der Waals surface area contributed by atoms with E-state index in [0.29, 0.717) is 12.3 Å². The normalized spacial score (nSPS) is 11.8. The molecule has 0 aromatic heterocycles. The highest BCUT2D eigenvalue weighted by Gasteiger charge is 2.13. The Morgan fingerprint density at radius 3 is 2.43 bits per heavy atom. The second-order valence-corrected chi connectivity index (χ2v) is 6.46. The Morgan fingerprint density at radius 1 is 1.29 bits per heavy atom. The van der Waals surface area contributed by atoms with E-state index in [9.17, 15) is 4.79 Å². The average Bonchev–Trinajstić information content (AvgIpc) is 2.38. The lowest BCUT2D eigenvalue weighted by Gasteiger charge is -2.18. The standard InChI is InChI=1S/C17H27B2NO/c1-11(2)15-10-13(16(18)12(3)17(15)19)9-14(21)7-6-8-20(4)5/h6-7,10-11H,8-9,18-19H2,1-5H3/b7-6-. The lowest BCUT2D eigenvalue weighted by atomic mass is 9.73. The molecule has 0 aliphatic carbocycles. The molecule has 0 fully saturated rings. The summed E-state index contributed by atoms with van der Waals surface area (Å²) in [6.45, 7) is 7.38. The predicted octanol–water partition coefficient (Wildman–Crippen LogP) is -0.135. The molecule has 0 atom stereocenters. The van der Waals surface area contributed by atoms with E-state index < -0.39 is 0 Å². The average molecular weight is 283 g/mol. The maximum absolute atomic E-state index is 12.1. The molecule has 0 saturated heterocycles. The van der Waals surface area contributed by atoms with Crippen LogP contribution in [-0.2, 0) is 11.2 Å². The molecule has 0 amide bonds. The van der Waals surface area contributed by atoms with Crippen LogP contribution in [0.2, 0.25) is 0 Å². The van der Waals surface area contributed by atoms with Gasteiger partial charge in [-0.05, 0) is 38.6 Å². The summed E-state index contributed by atoms with van der Waals surface area (Å²) < 4.78 is 0. The van der Waals surface area contributed by atoms with E-state index in [0.717, 1.165) is 6.54 Å². The molecule has 0 aliphatic heterocycles. The number of allylic oxidation sites excluding steroid dienone is 1. The summed E-state index contributed by atoms with van der Waals surface area (Å²) in [5.74, 6) is 0.667. The van der Waals surface area contributed by atoms with Crippen LogP contribution in [0, 0.1) is 6.92 Å². The van der Waals surface area contributed by atoms with Gasteiger partial charge >= 0.3 is 0 Å². The molecule has 0 aliphatic rings. The van der Waals surface area contributed by atoms with E-state index in [-0.39, 0.29) is 5.78 Å². The third-order valence-corrected chi connectivity index (χ3v) is 4.13. The fourth-order valence-corrected chi connectivity index (χ4v) is 2.57. The fraction of sp³-hybridized carbons (Fsp3) is 0.471. The molecule has 4 heteroatoms. The van der Waals surface area contributed by atoms with Gasteiger partial charge in [0.1, 0.15) is 15.7 Å². The van der Waals surface area contributed by atoms with Gasteiger partial charge in [0.15, 0.2) is 5.78 Å². The summed E-state index contributed by atoms with van der Waals surface area (Å²) in [6.07, 6.45) is 4.14. The maximum atomic E-state index is 12.1. The molecule has 0 radical (unpaired) electrons. The van der Waals surface area contributed by atoms with Crippen molar-refractivity contribution < 1.29 is 4.79 Å². The van der Waals surface area contributed by atoms with Crippen molar-refractivity contribution in [2.45, 2.75) is 33.1 Å². The summed E-state index contributed by atoms with van der Waals surface area (Å²) in [6, 6.07) is 2.22. The number of benzene rings is 1. The molecule has 21 heavy (non-hydrogen) atoms. The van der Waals surface area contributed by atoms with Crippen molar-refractivity contribution in [1.82, 2.24) is 4.90 Å². The van der Waals surface area contributed by atoms with Crippen molar-refractivity contribution in [3.8, 4) is 0 Å². The third kappa shape index (κ3) is 4.89. The van der Waals surface area contributed by atoms with E-state index in [1.807, 2.05) is 25.1 Å². The zero-order valence-corrected chi connectivity index (χ0v) is 14.6. The largest absolute Gasteiger partial charge is 0.306 e. The molecule has 1 aromatic carbocycles. The number of likely N-dealkylation sites (N-methyl/N-ethyl adjacent to an activating group) is 1. The number of hydrogen-bond acceptors (Lipinski definition) is 2. The number of hydrogen-bond donors (Lipinski definition) is 0. The highest BCUT2D eigenvalue weighted by molar-refractivity contribution is 6.41. The van der Waals surface area contributed by atoms with Gasteiger partial charge in [-0.3, -0.25) is 4.79 Å². The maximum Gasteiger partial charge on any atom is 0.159 e. The Bertz CT molecular complexity index is 548. The number of ketones is 1. The molecule has 0 unspecified atom stereocenters. The molecule has 2 nitrogen and oxygen atoms in total. The molecular weight excluding hydrogens is 256 g/mol. The van der Waals surface area contributed by atoms with Gasteiger partial charge < -0.3 is 4.90 Å². The Morgan fingerprint density at radius 2 is 1.90 bits per heavy atom. The number of carbonyl (C=O) groups excluding carboxylic acids is 1. The Balaban J connectivity index is 2.98. The molecule has 0 spiro atoms. The van der Waals surface area contributed by atoms with Crippen LogP contribution in [0.25, 0.3) is 0 Å². The molecule has 0 N–H and O–H groups in total. The van der Waals surface area contributed by atoms with E-state index in [1.165, 1.54) is 27.6 Å². The quantitative estimate of drug-likeness (QED) is 0.535. The SMILES string of the molecule is Bc1c(CC(=O)/C=C\CN(C)C)cc(C(C)C)c(B)c1C. The minimum absolute atomic E-state index is 0.179. The third-order valence-electron chi connectivity index (χ3n) is 4.13. The van der Waals surface area contributed by atoms with E-state index in [4.69, 9.17) is 0 Å². The van der Waals surface area contributed by atoms with E-state index in [1.54, 1.807) is 6.08 Å². The van der Waals surface area contributed by atoms with Crippen molar-refractivity contribution in [2.75, 3.05) is 20.6 Å². The lowest BCUT2D eigenvalue weighted by Crippen LogP contribution is -2.28. The number of rotatable bonds is 6. The molecule has 0 bridgehead atoms. The van der Waals surface area contributed by atoms with Crippen LogP contribution in [-0.4, -0.2) is 47.0 Å². The Labute approximate surface area is 131 Å². The highest BCUT2D eigenvalue weighted by atomic mass is 16.1. The van der Waals surface area contributed by atoms with Crippen molar-refractivity contribution in [3.05, 3.63) is 34.9 Å². The molecule has 112 valence electrons. The first-order valence-corrected chi connectivity index (χ1v) is 7.67. The number of carbonyl (C=O) groups is 1. The van der Waals surface area contributed by atoms with E-state index in [2.05, 4.69) is 42.5 Å². The van der Waals surface area contributed by atoms with E-state index >= 15 is 0 Å². The second kappa shape index (κ2) is 7.65. The molecule has 0 heterocycles. The van der Waals surface area contributed by atoms with Crippen LogP contribution < -0.4 is 10.9 Å². The van der Waals surface area contributed by atoms with Gasteiger partial charge in [0.05, 0.1) is 0 Å². The van der Waals surface area contributed by atoms with Crippen molar-refractivity contribution in [1.29, 1.82) is 0 Å². The van der Waals surface area contributed by atoms with Crippen LogP contribution >= 0.6 is 0 Å². The van der Waals surface area contributed by atoms with Gasteiger partial charge in [-0.2, -0.15) is 0 Å². The lowest BCUT2D eigenvalue weighted by molar-refractivity contribution is -0.114. The van der Waals surface area contributed by atoms with Gasteiger partial charge in [0, 0.05) is 13.0 Å². The van der Waals surface area contributed by atoms with Gasteiger partial charge in [0.2, 0.25) is 0 Å². The number of nitrogens with zero attached hydrogens (tertiary/aromatic N) is 1. The van der Waals surface area contributed by atoms with Crippen LogP contribution in [0.3, 0.4) is 0 Å². The van der Waals surface area contributed by atoms with Gasteiger partial charge in [-0.1, -0.05) is 48.0 Å². The molecule has 1 rings (SSSR count). The van der Waals surface area contributed by atoms with Crippen LogP contribution in [0.1, 0.15) is 36.5 Å². The highest BCUT2D eigenvalue weighted by Crippen LogP contribution is 2.15. The smallest absolute Gasteiger partial charge is 0.159 e. The van der Waals surface area contributed by atoms with Crippen molar-refractivity contribution in [3.63, 3.8) is 0 Å². The molecular formula is C17H27B2NO. The van der Waals surface area contributed by atoms with Gasteiger partial charge in [-0.15, -0.1) is 0 Å². The van der Waals surface area contributed by atoms with Gasteiger partial charge in [-0.25, -0.2) is 0 Å². The predicted molar refractivity (Wildman–Crippen MR) is 98.0 cm³/mol. The minimum atomic E-state index is 0.179. The Hall–Kier alpha value is -1.28. The fourth-order valence-electron chi connectivity index (χ4n) is 2.57. The van der Waals surface area contributed by atoms with Crippen LogP contribution in [0.5, 0.6) is 0 Å². The summed E-state index contributed by atoms with van der Waals surface area (Å²) >= 11 is 0. The first-order chi connectivity index (χ1) is 9.73. The summed E-state index contributed by atoms with van der Waals surface area (Å²) in [5.41, 5.74) is 6.47. The Kier molecular flexibility index (Phi) is 6.47. The zero-order valence-electron chi connectivity index (χ0n) is 14.6. The topological polar surface area (TPSA) is 20.3 Å². The first kappa shape index (κ1) is 17.8. The van der Waals surface area contributed by atoms with Gasteiger partial charge in [0.25, 0.3) is 0 Å². The van der Waals surface area contributed by atoms with Crippen LogP contribution in [0.15, 0.2) is 18.2 Å².